The van der Waals surface area contributed by atoms with Gasteiger partial charge in [0.25, 0.3) is 0 Å². The molecule has 2 heteroatoms. The molecule has 0 aromatic heterocycles. The monoisotopic (exact) mass is 258 g/mol. The Kier molecular flexibility index (Phi) is 4.45. The highest BCUT2D eigenvalue weighted by molar-refractivity contribution is 7.99. The third-order valence-electron chi connectivity index (χ3n) is 2.97. The number of hydrogen-bond acceptors (Lipinski definition) is 2. The first-order valence-corrected chi connectivity index (χ1v) is 7.04. The first-order chi connectivity index (χ1) is 8.70. The lowest BCUT2D eigenvalue weighted by molar-refractivity contribution is 0.173. The van der Waals surface area contributed by atoms with Crippen molar-refractivity contribution in [3.05, 3.63) is 59.7 Å². The fraction of sp³-hybridized carbons (Fsp3) is 0.250. The molecule has 1 N–H and O–H groups in total. The third kappa shape index (κ3) is 3.15. The Morgan fingerprint density at radius 2 is 1.72 bits per heavy atom. The van der Waals surface area contributed by atoms with Crippen molar-refractivity contribution < 1.29 is 5.11 Å². The minimum atomic E-state index is -0.345. The highest BCUT2D eigenvalue weighted by Gasteiger charge is 2.05. The number of rotatable bonds is 4. The van der Waals surface area contributed by atoms with E-state index < -0.39 is 0 Å². The Morgan fingerprint density at radius 1 is 1.06 bits per heavy atom. The van der Waals surface area contributed by atoms with Crippen LogP contribution in [0.2, 0.25) is 0 Å². The van der Waals surface area contributed by atoms with Crippen LogP contribution in [0, 0.1) is 6.92 Å². The van der Waals surface area contributed by atoms with Gasteiger partial charge in [-0.3, -0.25) is 0 Å². The van der Waals surface area contributed by atoms with Crippen LogP contribution in [0.15, 0.2) is 58.3 Å². The highest BCUT2D eigenvalue weighted by atomic mass is 32.2. The summed E-state index contributed by atoms with van der Waals surface area (Å²) in [5.74, 6) is 0. The van der Waals surface area contributed by atoms with E-state index in [-0.39, 0.29) is 6.10 Å². The first-order valence-electron chi connectivity index (χ1n) is 6.22. The van der Waals surface area contributed by atoms with Crippen LogP contribution >= 0.6 is 11.8 Å². The lowest BCUT2D eigenvalue weighted by atomic mass is 10.1. The van der Waals surface area contributed by atoms with Gasteiger partial charge in [0.15, 0.2) is 0 Å². The van der Waals surface area contributed by atoms with Gasteiger partial charge in [0.2, 0.25) is 0 Å². The second-order valence-corrected chi connectivity index (χ2v) is 5.48. The lowest BCUT2D eigenvalue weighted by Gasteiger charge is -2.09. The average molecular weight is 258 g/mol. The summed E-state index contributed by atoms with van der Waals surface area (Å²) in [5, 5.41) is 9.75. The molecule has 0 spiro atoms. The second-order valence-electron chi connectivity index (χ2n) is 4.36. The van der Waals surface area contributed by atoms with E-state index in [0.29, 0.717) is 0 Å². The zero-order valence-electron chi connectivity index (χ0n) is 10.8. The number of aliphatic hydroxyl groups is 1. The van der Waals surface area contributed by atoms with Crippen molar-refractivity contribution in [3.8, 4) is 0 Å². The second kappa shape index (κ2) is 6.07. The summed E-state index contributed by atoms with van der Waals surface area (Å²) < 4.78 is 0. The van der Waals surface area contributed by atoms with Gasteiger partial charge in [0.1, 0.15) is 0 Å². The van der Waals surface area contributed by atoms with Crippen LogP contribution in [0.1, 0.15) is 30.6 Å². The molecule has 0 radical (unpaired) electrons. The fourth-order valence-corrected chi connectivity index (χ4v) is 2.69. The molecule has 1 nitrogen and oxygen atoms in total. The van der Waals surface area contributed by atoms with Crippen molar-refractivity contribution in [2.24, 2.45) is 0 Å². The molecule has 94 valence electrons. The molecule has 0 aliphatic carbocycles. The minimum absolute atomic E-state index is 0.345. The first kappa shape index (κ1) is 13.2. The largest absolute Gasteiger partial charge is 0.388 e. The number of benzene rings is 2. The standard InChI is InChI=1S/C16H18OS/c1-3-15(17)13-8-10-14(11-9-13)18-16-7-5-4-6-12(16)2/h4-11,15,17H,3H2,1-2H3/t15-/m0/s1. The van der Waals surface area contributed by atoms with Crippen molar-refractivity contribution in [1.29, 1.82) is 0 Å². The van der Waals surface area contributed by atoms with Gasteiger partial charge >= 0.3 is 0 Å². The Balaban J connectivity index is 2.14. The minimum Gasteiger partial charge on any atom is -0.388 e. The predicted molar refractivity (Wildman–Crippen MR) is 77.0 cm³/mol. The van der Waals surface area contributed by atoms with Gasteiger partial charge in [-0.05, 0) is 42.7 Å². The van der Waals surface area contributed by atoms with E-state index in [1.165, 1.54) is 15.4 Å². The van der Waals surface area contributed by atoms with Crippen LogP contribution in [0.25, 0.3) is 0 Å². The average Bonchev–Trinajstić information content (AvgIpc) is 2.41. The van der Waals surface area contributed by atoms with Crippen LogP contribution < -0.4 is 0 Å². The van der Waals surface area contributed by atoms with E-state index in [2.05, 4.69) is 43.3 Å². The number of aliphatic hydroxyl groups excluding tert-OH is 1. The molecule has 2 rings (SSSR count). The van der Waals surface area contributed by atoms with Gasteiger partial charge in [-0.15, -0.1) is 0 Å². The van der Waals surface area contributed by atoms with Crippen LogP contribution in [0.3, 0.4) is 0 Å². The van der Waals surface area contributed by atoms with Crippen molar-refractivity contribution in [2.45, 2.75) is 36.2 Å². The zero-order valence-corrected chi connectivity index (χ0v) is 11.6. The van der Waals surface area contributed by atoms with Gasteiger partial charge in [0.05, 0.1) is 6.10 Å². The maximum atomic E-state index is 9.75. The molecule has 0 saturated carbocycles. The summed E-state index contributed by atoms with van der Waals surface area (Å²) in [5.41, 5.74) is 2.28. The quantitative estimate of drug-likeness (QED) is 0.865. The summed E-state index contributed by atoms with van der Waals surface area (Å²) in [6.45, 7) is 4.11. The summed E-state index contributed by atoms with van der Waals surface area (Å²) in [6, 6.07) is 16.5. The van der Waals surface area contributed by atoms with E-state index in [1.54, 1.807) is 11.8 Å². The third-order valence-corrected chi connectivity index (χ3v) is 4.16. The Hall–Kier alpha value is -1.25. The van der Waals surface area contributed by atoms with E-state index in [0.717, 1.165) is 12.0 Å². The zero-order chi connectivity index (χ0) is 13.0. The van der Waals surface area contributed by atoms with Crippen LogP contribution in [0.5, 0.6) is 0 Å². The van der Waals surface area contributed by atoms with Crippen LogP contribution in [-0.2, 0) is 0 Å². The molecule has 0 saturated heterocycles. The molecule has 0 bridgehead atoms. The number of hydrogen-bond donors (Lipinski definition) is 1. The van der Waals surface area contributed by atoms with E-state index in [9.17, 15) is 5.11 Å². The molecule has 18 heavy (non-hydrogen) atoms. The molecule has 0 aliphatic rings. The summed E-state index contributed by atoms with van der Waals surface area (Å²) >= 11 is 1.76. The van der Waals surface area contributed by atoms with Crippen molar-refractivity contribution in [3.63, 3.8) is 0 Å². The Bertz CT molecular complexity index is 505. The van der Waals surface area contributed by atoms with E-state index in [1.807, 2.05) is 19.1 Å². The van der Waals surface area contributed by atoms with Crippen molar-refractivity contribution in [1.82, 2.24) is 0 Å². The topological polar surface area (TPSA) is 20.2 Å². The molecule has 0 unspecified atom stereocenters. The van der Waals surface area contributed by atoms with Crippen LogP contribution in [0.4, 0.5) is 0 Å². The van der Waals surface area contributed by atoms with Crippen molar-refractivity contribution >= 4 is 11.8 Å². The molecule has 2 aromatic carbocycles. The molecule has 0 fully saturated rings. The molecule has 0 aliphatic heterocycles. The van der Waals surface area contributed by atoms with Crippen molar-refractivity contribution in [2.75, 3.05) is 0 Å². The van der Waals surface area contributed by atoms with Gasteiger partial charge in [-0.25, -0.2) is 0 Å². The molecular formula is C16H18OS. The summed E-state index contributed by atoms with van der Waals surface area (Å²) in [6.07, 6.45) is 0.409. The van der Waals surface area contributed by atoms with E-state index in [4.69, 9.17) is 0 Å². The summed E-state index contributed by atoms with van der Waals surface area (Å²) in [7, 11) is 0. The molecule has 2 aromatic rings. The molecular weight excluding hydrogens is 240 g/mol. The predicted octanol–water partition coefficient (Wildman–Crippen LogP) is 4.59. The number of aryl methyl sites for hydroxylation is 1. The van der Waals surface area contributed by atoms with Gasteiger partial charge in [-0.1, -0.05) is 49.0 Å². The summed E-state index contributed by atoms with van der Waals surface area (Å²) in [4.78, 5) is 2.48. The Labute approximate surface area is 113 Å². The Morgan fingerprint density at radius 3 is 2.33 bits per heavy atom. The van der Waals surface area contributed by atoms with Gasteiger partial charge in [0, 0.05) is 9.79 Å². The molecule has 0 amide bonds. The highest BCUT2D eigenvalue weighted by Crippen LogP contribution is 2.30. The van der Waals surface area contributed by atoms with Crippen LogP contribution in [-0.4, -0.2) is 5.11 Å². The maximum Gasteiger partial charge on any atom is 0.0787 e. The normalized spacial score (nSPS) is 12.4. The lowest BCUT2D eigenvalue weighted by Crippen LogP contribution is -1.94. The maximum absolute atomic E-state index is 9.75. The van der Waals surface area contributed by atoms with Gasteiger partial charge < -0.3 is 5.11 Å². The fourth-order valence-electron chi connectivity index (χ4n) is 1.79. The molecule has 0 heterocycles. The SMILES string of the molecule is CC[C@H](O)c1ccc(Sc2ccccc2C)cc1. The molecule has 1 atom stereocenters. The van der Waals surface area contributed by atoms with Gasteiger partial charge in [-0.2, -0.15) is 0 Å². The van der Waals surface area contributed by atoms with E-state index >= 15 is 0 Å². The smallest absolute Gasteiger partial charge is 0.0787 e.